The fraction of sp³-hybridized carbons (Fsp3) is 0.857. The first-order valence-electron chi connectivity index (χ1n) is 3.40. The topological polar surface area (TPSA) is 12.5 Å². The summed E-state index contributed by atoms with van der Waals surface area (Å²) in [5, 5.41) is 0. The first-order valence-corrected chi connectivity index (χ1v) is 3.40. The third kappa shape index (κ3) is 1.66. The van der Waals surface area contributed by atoms with Crippen molar-refractivity contribution in [3.05, 3.63) is 7.05 Å². The van der Waals surface area contributed by atoms with Crippen molar-refractivity contribution in [2.24, 2.45) is 0 Å². The summed E-state index contributed by atoms with van der Waals surface area (Å²) in [7, 11) is 5.63. The van der Waals surface area contributed by atoms with E-state index < -0.39 is 0 Å². The van der Waals surface area contributed by atoms with Gasteiger partial charge in [-0.3, -0.25) is 4.90 Å². The maximum absolute atomic E-state index is 5.01. The van der Waals surface area contributed by atoms with Crippen molar-refractivity contribution in [1.29, 1.82) is 0 Å². The van der Waals surface area contributed by atoms with Crippen molar-refractivity contribution >= 4 is 0 Å². The van der Waals surface area contributed by atoms with E-state index in [1.165, 1.54) is 12.8 Å². The standard InChI is InChI=1S/C7H14NO/c1-8-5-3-4-7(8)6-9-2/h7H,1,3-6H2,2H3/t7-/m1/s1. The van der Waals surface area contributed by atoms with Gasteiger partial charge >= 0.3 is 0 Å². The smallest absolute Gasteiger partial charge is 0.0618 e. The molecule has 0 unspecified atom stereocenters. The number of likely N-dealkylation sites (tertiary alicyclic amines) is 1. The van der Waals surface area contributed by atoms with Crippen LogP contribution in [-0.2, 0) is 4.74 Å². The molecule has 2 nitrogen and oxygen atoms in total. The van der Waals surface area contributed by atoms with E-state index in [-0.39, 0.29) is 0 Å². The first-order chi connectivity index (χ1) is 4.34. The third-order valence-electron chi connectivity index (χ3n) is 1.86. The molecule has 0 bridgehead atoms. The van der Waals surface area contributed by atoms with Gasteiger partial charge in [0.25, 0.3) is 0 Å². The SMILES string of the molecule is [CH2]N1CCC[C@@H]1COC. The molecule has 1 fully saturated rings. The minimum atomic E-state index is 0.579. The maximum atomic E-state index is 5.01. The highest BCUT2D eigenvalue weighted by Gasteiger charge is 2.19. The van der Waals surface area contributed by atoms with E-state index in [0.717, 1.165) is 13.2 Å². The second-order valence-electron chi connectivity index (χ2n) is 2.56. The molecular weight excluding hydrogens is 114 g/mol. The largest absolute Gasteiger partial charge is 0.383 e. The zero-order valence-corrected chi connectivity index (χ0v) is 5.97. The van der Waals surface area contributed by atoms with E-state index in [1.807, 2.05) is 0 Å². The fourth-order valence-corrected chi connectivity index (χ4v) is 1.28. The lowest BCUT2D eigenvalue weighted by Crippen LogP contribution is -2.26. The molecular formula is C7H14NO. The van der Waals surface area contributed by atoms with Crippen LogP contribution in [0.25, 0.3) is 0 Å². The summed E-state index contributed by atoms with van der Waals surface area (Å²) >= 11 is 0. The van der Waals surface area contributed by atoms with E-state index in [2.05, 4.69) is 11.9 Å². The molecule has 0 saturated carbocycles. The van der Waals surface area contributed by atoms with Crippen LogP contribution in [0, 0.1) is 7.05 Å². The minimum Gasteiger partial charge on any atom is -0.383 e. The highest BCUT2D eigenvalue weighted by molar-refractivity contribution is 4.77. The quantitative estimate of drug-likeness (QED) is 0.547. The zero-order valence-electron chi connectivity index (χ0n) is 5.97. The lowest BCUT2D eigenvalue weighted by molar-refractivity contribution is 0.136. The van der Waals surface area contributed by atoms with Gasteiger partial charge in [0.05, 0.1) is 6.61 Å². The molecule has 1 aliphatic heterocycles. The van der Waals surface area contributed by atoms with Crippen molar-refractivity contribution in [3.63, 3.8) is 0 Å². The summed E-state index contributed by atoms with van der Waals surface area (Å²) in [6.07, 6.45) is 2.52. The second-order valence-corrected chi connectivity index (χ2v) is 2.56. The maximum Gasteiger partial charge on any atom is 0.0618 e. The predicted molar refractivity (Wildman–Crippen MR) is 37.0 cm³/mol. The van der Waals surface area contributed by atoms with Crippen LogP contribution in [0.5, 0.6) is 0 Å². The van der Waals surface area contributed by atoms with Crippen LogP contribution in [0.15, 0.2) is 0 Å². The molecule has 2 heteroatoms. The Hall–Kier alpha value is -0.0800. The lowest BCUT2D eigenvalue weighted by atomic mass is 10.2. The van der Waals surface area contributed by atoms with E-state index in [1.54, 1.807) is 7.11 Å². The molecule has 1 aliphatic rings. The number of hydrogen-bond acceptors (Lipinski definition) is 2. The van der Waals surface area contributed by atoms with Gasteiger partial charge in [0.15, 0.2) is 0 Å². The molecule has 1 rings (SSSR count). The normalized spacial score (nSPS) is 29.3. The van der Waals surface area contributed by atoms with Gasteiger partial charge in [-0.15, -0.1) is 0 Å². The fourth-order valence-electron chi connectivity index (χ4n) is 1.28. The van der Waals surface area contributed by atoms with Crippen LogP contribution in [0.2, 0.25) is 0 Å². The van der Waals surface area contributed by atoms with Gasteiger partial charge in [-0.05, 0) is 19.4 Å². The molecule has 9 heavy (non-hydrogen) atoms. The van der Waals surface area contributed by atoms with Crippen LogP contribution < -0.4 is 0 Å². The minimum absolute atomic E-state index is 0.579. The number of nitrogens with zero attached hydrogens (tertiary/aromatic N) is 1. The summed E-state index contributed by atoms with van der Waals surface area (Å²) in [5.74, 6) is 0. The molecule has 0 aromatic rings. The summed E-state index contributed by atoms with van der Waals surface area (Å²) in [5.41, 5.74) is 0. The highest BCUT2D eigenvalue weighted by Crippen LogP contribution is 2.14. The van der Waals surface area contributed by atoms with Gasteiger partial charge in [-0.1, -0.05) is 0 Å². The molecule has 53 valence electrons. The molecule has 0 aliphatic carbocycles. The number of hydrogen-bond donors (Lipinski definition) is 0. The Kier molecular flexibility index (Phi) is 2.49. The molecule has 0 N–H and O–H groups in total. The van der Waals surface area contributed by atoms with Gasteiger partial charge in [0.2, 0.25) is 0 Å². The molecule has 1 radical (unpaired) electrons. The van der Waals surface area contributed by atoms with Gasteiger partial charge in [-0.2, -0.15) is 0 Å². The molecule has 0 aromatic carbocycles. The first kappa shape index (κ1) is 7.03. The Morgan fingerprint density at radius 3 is 3.00 bits per heavy atom. The average Bonchev–Trinajstić information content (AvgIpc) is 2.18. The van der Waals surface area contributed by atoms with Crippen LogP contribution in [-0.4, -0.2) is 31.2 Å². The van der Waals surface area contributed by atoms with Crippen LogP contribution >= 0.6 is 0 Å². The van der Waals surface area contributed by atoms with Crippen molar-refractivity contribution in [3.8, 4) is 0 Å². The van der Waals surface area contributed by atoms with Crippen LogP contribution in [0.4, 0.5) is 0 Å². The highest BCUT2D eigenvalue weighted by atomic mass is 16.5. The molecule has 1 heterocycles. The third-order valence-corrected chi connectivity index (χ3v) is 1.86. The van der Waals surface area contributed by atoms with Gasteiger partial charge in [0, 0.05) is 20.2 Å². The van der Waals surface area contributed by atoms with Gasteiger partial charge in [-0.25, -0.2) is 0 Å². The Morgan fingerprint density at radius 2 is 2.56 bits per heavy atom. The average molecular weight is 128 g/mol. The van der Waals surface area contributed by atoms with Crippen LogP contribution in [0.3, 0.4) is 0 Å². The number of rotatable bonds is 2. The van der Waals surface area contributed by atoms with E-state index in [4.69, 9.17) is 4.74 Å². The van der Waals surface area contributed by atoms with Crippen molar-refractivity contribution < 1.29 is 4.74 Å². The number of ether oxygens (including phenoxy) is 1. The van der Waals surface area contributed by atoms with Crippen molar-refractivity contribution in [1.82, 2.24) is 4.90 Å². The lowest BCUT2D eigenvalue weighted by Gasteiger charge is -2.17. The van der Waals surface area contributed by atoms with Crippen LogP contribution in [0.1, 0.15) is 12.8 Å². The van der Waals surface area contributed by atoms with Crippen molar-refractivity contribution in [2.45, 2.75) is 18.9 Å². The monoisotopic (exact) mass is 128 g/mol. The summed E-state index contributed by atoms with van der Waals surface area (Å²) in [6, 6.07) is 0.579. The molecule has 1 saturated heterocycles. The zero-order chi connectivity index (χ0) is 6.69. The Balaban J connectivity index is 2.22. The summed E-state index contributed by atoms with van der Waals surface area (Å²) in [6.45, 7) is 1.97. The van der Waals surface area contributed by atoms with E-state index >= 15 is 0 Å². The van der Waals surface area contributed by atoms with E-state index in [9.17, 15) is 0 Å². The van der Waals surface area contributed by atoms with Gasteiger partial charge in [0.1, 0.15) is 0 Å². The van der Waals surface area contributed by atoms with Crippen molar-refractivity contribution in [2.75, 3.05) is 20.3 Å². The number of methoxy groups -OCH3 is 1. The predicted octanol–water partition coefficient (Wildman–Crippen LogP) is 0.889. The Labute approximate surface area is 56.8 Å². The second kappa shape index (κ2) is 3.18. The molecule has 0 spiro atoms. The summed E-state index contributed by atoms with van der Waals surface area (Å²) in [4.78, 5) is 2.11. The Bertz CT molecular complexity index is 85.0. The van der Waals surface area contributed by atoms with E-state index in [0.29, 0.717) is 6.04 Å². The Morgan fingerprint density at radius 1 is 1.78 bits per heavy atom. The summed E-state index contributed by atoms with van der Waals surface area (Å²) < 4.78 is 5.01. The molecule has 1 atom stereocenters. The van der Waals surface area contributed by atoms with Gasteiger partial charge < -0.3 is 4.74 Å². The molecule has 0 aromatic heterocycles. The molecule has 0 amide bonds.